The van der Waals surface area contributed by atoms with Crippen LogP contribution in [-0.2, 0) is 27.2 Å². The van der Waals surface area contributed by atoms with Crippen molar-refractivity contribution in [2.45, 2.75) is 51.0 Å². The fraction of sp³-hybridized carbons (Fsp3) is 0.297. The molecule has 0 saturated carbocycles. The van der Waals surface area contributed by atoms with E-state index in [-0.39, 0.29) is 49.4 Å². The lowest BCUT2D eigenvalue weighted by Gasteiger charge is -2.39. The van der Waals surface area contributed by atoms with Crippen molar-refractivity contribution < 1.29 is 19.4 Å². The van der Waals surface area contributed by atoms with Crippen LogP contribution in [0.3, 0.4) is 0 Å². The Morgan fingerprint density at radius 1 is 0.638 bits per heavy atom. The maximum atomic E-state index is 12.9. The van der Waals surface area contributed by atoms with Crippen molar-refractivity contribution in [1.82, 2.24) is 9.80 Å². The van der Waals surface area contributed by atoms with E-state index in [1.807, 2.05) is 61.2 Å². The van der Waals surface area contributed by atoms with Crippen LogP contribution in [-0.4, -0.2) is 46.9 Å². The van der Waals surface area contributed by atoms with E-state index in [4.69, 9.17) is 51.1 Å². The highest BCUT2D eigenvalue weighted by molar-refractivity contribution is 6.36. The van der Waals surface area contributed by atoms with Crippen molar-refractivity contribution in [2.24, 2.45) is 0 Å². The van der Waals surface area contributed by atoms with Gasteiger partial charge in [-0.15, -0.1) is 0 Å². The Labute approximate surface area is 295 Å². The molecule has 2 aliphatic rings. The largest absolute Gasteiger partial charge is 0.387 e. The predicted molar refractivity (Wildman–Crippen MR) is 188 cm³/mol. The molecule has 246 valence electrons. The average molecular weight is 715 g/mol. The van der Waals surface area contributed by atoms with E-state index in [2.05, 4.69) is 6.07 Å². The number of benzene rings is 4. The van der Waals surface area contributed by atoms with Gasteiger partial charge >= 0.3 is 0 Å². The average Bonchev–Trinajstić information content (AvgIpc) is 3.07. The zero-order chi connectivity index (χ0) is 33.8. The van der Waals surface area contributed by atoms with Crippen LogP contribution in [0.4, 0.5) is 0 Å². The van der Waals surface area contributed by atoms with Gasteiger partial charge in [-0.05, 0) is 71.5 Å². The van der Waals surface area contributed by atoms with Crippen LogP contribution in [0.2, 0.25) is 20.1 Å². The number of β-amino-alcohol motifs (C(OH)–C–C–N with tert-alkyl or cyclic N) is 1. The molecule has 0 aromatic heterocycles. The second-order valence-corrected chi connectivity index (χ2v) is 13.3. The summed E-state index contributed by atoms with van der Waals surface area (Å²) in [5.74, 6) is -0.102. The quantitative estimate of drug-likeness (QED) is 0.224. The number of aliphatic hydroxyl groups is 1. The number of hydrogen-bond acceptors (Lipinski definition) is 4. The maximum absolute atomic E-state index is 12.9. The van der Waals surface area contributed by atoms with Gasteiger partial charge < -0.3 is 19.6 Å². The van der Waals surface area contributed by atoms with Gasteiger partial charge in [-0.1, -0.05) is 107 Å². The van der Waals surface area contributed by atoms with Crippen LogP contribution in [0.5, 0.6) is 0 Å². The Morgan fingerprint density at radius 2 is 1.02 bits per heavy atom. The third kappa shape index (κ3) is 7.64. The van der Waals surface area contributed by atoms with Crippen LogP contribution < -0.4 is 0 Å². The summed E-state index contributed by atoms with van der Waals surface area (Å²) in [6.45, 7) is 4.81. The van der Waals surface area contributed by atoms with Crippen molar-refractivity contribution in [3.05, 3.63) is 138 Å². The summed E-state index contributed by atoms with van der Waals surface area (Å²) in [7, 11) is 1.67. The molecule has 1 N–H and O–H groups in total. The van der Waals surface area contributed by atoms with E-state index in [1.54, 1.807) is 48.4 Å². The topological polar surface area (TPSA) is 70.1 Å². The van der Waals surface area contributed by atoms with E-state index in [0.29, 0.717) is 37.8 Å². The molecule has 6 nitrogen and oxygen atoms in total. The third-order valence-corrected chi connectivity index (χ3v) is 10.4. The van der Waals surface area contributed by atoms with Crippen LogP contribution in [0.25, 0.3) is 0 Å². The lowest BCUT2D eigenvalue weighted by Crippen LogP contribution is -2.42. The summed E-state index contributed by atoms with van der Waals surface area (Å²) in [5, 5.41) is 12.3. The van der Waals surface area contributed by atoms with Gasteiger partial charge in [0.2, 0.25) is 11.8 Å². The molecule has 0 fully saturated rings. The summed E-state index contributed by atoms with van der Waals surface area (Å²) in [5.41, 5.74) is 5.43. The molecule has 4 aromatic carbocycles. The molecule has 0 aliphatic carbocycles. The van der Waals surface area contributed by atoms with Crippen molar-refractivity contribution in [1.29, 1.82) is 0 Å². The Bertz CT molecular complexity index is 1730. The lowest BCUT2D eigenvalue weighted by atomic mass is 9.91. The Hall–Kier alpha value is -3.10. The van der Waals surface area contributed by atoms with Crippen molar-refractivity contribution >= 4 is 58.2 Å². The first-order valence-corrected chi connectivity index (χ1v) is 16.9. The van der Waals surface area contributed by atoms with E-state index in [0.717, 1.165) is 22.3 Å². The molecular formula is C37H36Cl4N2O4. The van der Waals surface area contributed by atoms with Crippen molar-refractivity contribution in [3.8, 4) is 0 Å². The summed E-state index contributed by atoms with van der Waals surface area (Å²) in [6.07, 6.45) is -0.491. The first kappa shape index (κ1) is 35.2. The molecule has 0 spiro atoms. The summed E-state index contributed by atoms with van der Waals surface area (Å²) in [4.78, 5) is 29.2. The fourth-order valence-corrected chi connectivity index (χ4v) is 7.40. The zero-order valence-electron chi connectivity index (χ0n) is 26.3. The molecule has 4 aromatic rings. The minimum absolute atomic E-state index is 0.00551. The second kappa shape index (κ2) is 15.4. The van der Waals surface area contributed by atoms with Crippen LogP contribution in [0.1, 0.15) is 71.5 Å². The fourth-order valence-electron chi connectivity index (χ4n) is 6.34. The van der Waals surface area contributed by atoms with Gasteiger partial charge in [0.1, 0.15) is 6.10 Å². The standard InChI is InChI=1S/C19H19Cl2NO2.C18H17Cl2NO2/c1-12-13-6-3-4-7-14(13)18(24-2)11-22(12)19(23)10-15-16(20)8-5-9-17(15)21;1-11-12-5-2-3-6-13(12)17(22)10-21(11)18(23)9-14-15(19)7-4-8-16(14)20/h3-9,12,18H,10-11H2,1-2H3;2-8,11,17,22H,9-10H2,1H3/t12-,18+;11-,17+/m00/s1. The lowest BCUT2D eigenvalue weighted by molar-refractivity contribution is -0.136. The first-order chi connectivity index (χ1) is 22.5. The second-order valence-electron chi connectivity index (χ2n) is 11.7. The smallest absolute Gasteiger partial charge is 0.227 e. The number of hydrogen-bond donors (Lipinski definition) is 1. The number of carbonyl (C=O) groups is 2. The highest BCUT2D eigenvalue weighted by Crippen LogP contribution is 2.38. The first-order valence-electron chi connectivity index (χ1n) is 15.3. The number of methoxy groups -OCH3 is 1. The number of rotatable bonds is 5. The van der Waals surface area contributed by atoms with E-state index in [9.17, 15) is 14.7 Å². The summed E-state index contributed by atoms with van der Waals surface area (Å²) in [6, 6.07) is 26.1. The van der Waals surface area contributed by atoms with E-state index >= 15 is 0 Å². The Balaban J connectivity index is 0.000000185. The SMILES string of the molecule is CO[C@@H]1CN(C(=O)Cc2c(Cl)cccc2Cl)[C@@H](C)c2ccccc21.C[C@H]1c2ccccc2[C@H](O)CN1C(=O)Cc1c(Cl)cccc1Cl. The monoisotopic (exact) mass is 712 g/mol. The molecule has 0 unspecified atom stereocenters. The van der Waals surface area contributed by atoms with Gasteiger partial charge in [0.05, 0.1) is 44.1 Å². The summed E-state index contributed by atoms with van der Waals surface area (Å²) < 4.78 is 5.60. The number of halogens is 4. The molecule has 2 amide bonds. The molecule has 0 bridgehead atoms. The third-order valence-electron chi connectivity index (χ3n) is 8.97. The van der Waals surface area contributed by atoms with Crippen LogP contribution in [0.15, 0.2) is 84.9 Å². The van der Waals surface area contributed by atoms with Gasteiger partial charge in [-0.2, -0.15) is 0 Å². The molecule has 10 heteroatoms. The van der Waals surface area contributed by atoms with Crippen LogP contribution in [0, 0.1) is 0 Å². The Kier molecular flexibility index (Phi) is 11.5. The maximum Gasteiger partial charge on any atom is 0.227 e. The molecule has 0 saturated heterocycles. The van der Waals surface area contributed by atoms with E-state index < -0.39 is 6.10 Å². The molecule has 2 aliphatic heterocycles. The number of aliphatic hydroxyl groups excluding tert-OH is 1. The normalized spacial score (nSPS) is 20.1. The van der Waals surface area contributed by atoms with Crippen LogP contribution >= 0.6 is 46.4 Å². The molecular weight excluding hydrogens is 678 g/mol. The minimum atomic E-state index is -0.673. The van der Waals surface area contributed by atoms with Gasteiger partial charge in [0.25, 0.3) is 0 Å². The number of carbonyl (C=O) groups excluding carboxylic acids is 2. The summed E-state index contributed by atoms with van der Waals surface area (Å²) >= 11 is 24.7. The zero-order valence-corrected chi connectivity index (χ0v) is 29.3. The van der Waals surface area contributed by atoms with E-state index in [1.165, 1.54) is 0 Å². The molecule has 4 atom stereocenters. The van der Waals surface area contributed by atoms with Gasteiger partial charge in [0.15, 0.2) is 0 Å². The molecule has 47 heavy (non-hydrogen) atoms. The minimum Gasteiger partial charge on any atom is -0.387 e. The Morgan fingerprint density at radius 3 is 1.47 bits per heavy atom. The van der Waals surface area contributed by atoms with Gasteiger partial charge in [-0.25, -0.2) is 0 Å². The van der Waals surface area contributed by atoms with Crippen molar-refractivity contribution in [3.63, 3.8) is 0 Å². The number of ether oxygens (including phenoxy) is 1. The predicted octanol–water partition coefficient (Wildman–Crippen LogP) is 9.00. The van der Waals surface area contributed by atoms with Crippen molar-refractivity contribution in [2.75, 3.05) is 20.2 Å². The van der Waals surface area contributed by atoms with Gasteiger partial charge in [0, 0.05) is 27.2 Å². The molecule has 6 rings (SSSR count). The van der Waals surface area contributed by atoms with Gasteiger partial charge in [-0.3, -0.25) is 9.59 Å². The highest BCUT2D eigenvalue weighted by atomic mass is 35.5. The number of fused-ring (bicyclic) bond motifs is 2. The number of nitrogens with zero attached hydrogens (tertiary/aromatic N) is 2. The molecule has 0 radical (unpaired) electrons. The number of amides is 2. The highest BCUT2D eigenvalue weighted by Gasteiger charge is 2.34. The molecule has 2 heterocycles.